The van der Waals surface area contributed by atoms with Gasteiger partial charge in [-0.1, -0.05) is 0 Å². The highest BCUT2D eigenvalue weighted by molar-refractivity contribution is 5.80. The van der Waals surface area contributed by atoms with Crippen molar-refractivity contribution < 1.29 is 13.2 Å². The maximum absolute atomic E-state index is 12.7. The Kier molecular flexibility index (Phi) is 6.49. The lowest BCUT2D eigenvalue weighted by molar-refractivity contribution is -0.141. The van der Waals surface area contributed by atoms with Crippen LogP contribution in [0.25, 0.3) is 0 Å². The average Bonchev–Trinajstić information content (AvgIpc) is 3.04. The molecular formula is C17H24F3N9. The molecule has 1 aliphatic heterocycles. The summed E-state index contributed by atoms with van der Waals surface area (Å²) in [7, 11) is 0. The molecule has 2 aromatic heterocycles. The van der Waals surface area contributed by atoms with Crippen LogP contribution in [0, 0.1) is 6.92 Å². The minimum absolute atomic E-state index is 0.0747. The zero-order valence-electron chi connectivity index (χ0n) is 16.3. The van der Waals surface area contributed by atoms with Crippen LogP contribution in [-0.2, 0) is 19.1 Å². The normalized spacial score (nSPS) is 17.0. The monoisotopic (exact) mass is 411 g/mol. The Labute approximate surface area is 166 Å². The number of halogens is 3. The Morgan fingerprint density at radius 3 is 2.93 bits per heavy atom. The second kappa shape index (κ2) is 9.05. The first-order valence-electron chi connectivity index (χ1n) is 9.44. The van der Waals surface area contributed by atoms with Gasteiger partial charge in [0.2, 0.25) is 5.95 Å². The Morgan fingerprint density at radius 1 is 1.34 bits per heavy atom. The van der Waals surface area contributed by atoms with Gasteiger partial charge in [-0.2, -0.15) is 18.3 Å². The number of guanidine groups is 1. The fourth-order valence-corrected chi connectivity index (χ4v) is 3.00. The number of aromatic nitrogens is 5. The van der Waals surface area contributed by atoms with Crippen LogP contribution >= 0.6 is 0 Å². The van der Waals surface area contributed by atoms with E-state index >= 15 is 0 Å². The lowest BCUT2D eigenvalue weighted by Gasteiger charge is -2.25. The quantitative estimate of drug-likeness (QED) is 0.375. The summed E-state index contributed by atoms with van der Waals surface area (Å²) >= 11 is 0. The van der Waals surface area contributed by atoms with E-state index in [1.165, 1.54) is 0 Å². The number of alkyl halides is 3. The van der Waals surface area contributed by atoms with Crippen molar-refractivity contribution in [2.45, 2.75) is 45.5 Å². The van der Waals surface area contributed by atoms with Gasteiger partial charge in [0.1, 0.15) is 17.3 Å². The predicted octanol–water partition coefficient (Wildman–Crippen LogP) is 1.38. The number of fused-ring (bicyclic) bond motifs is 1. The maximum atomic E-state index is 12.7. The number of aliphatic imine (C=N–C) groups is 1. The van der Waals surface area contributed by atoms with Crippen molar-refractivity contribution in [2.75, 3.05) is 25.0 Å². The number of hydrogen-bond acceptors (Lipinski definition) is 6. The molecule has 0 saturated carbocycles. The van der Waals surface area contributed by atoms with Gasteiger partial charge < -0.3 is 16.0 Å². The second-order valence-electron chi connectivity index (χ2n) is 6.59. The van der Waals surface area contributed by atoms with Crippen LogP contribution in [0.5, 0.6) is 0 Å². The zero-order valence-corrected chi connectivity index (χ0v) is 16.3. The first kappa shape index (κ1) is 20.8. The minimum Gasteiger partial charge on any atom is -0.357 e. The molecule has 1 unspecified atom stereocenters. The van der Waals surface area contributed by atoms with E-state index in [1.807, 2.05) is 18.5 Å². The summed E-state index contributed by atoms with van der Waals surface area (Å²) in [5.41, 5.74) is -0.978. The number of aryl methyl sites for hydroxylation is 2. The fraction of sp³-hybridized carbons (Fsp3) is 0.588. The maximum Gasteiger partial charge on any atom is 0.433 e. The Morgan fingerprint density at radius 2 is 2.17 bits per heavy atom. The molecule has 0 amide bonds. The van der Waals surface area contributed by atoms with E-state index in [-0.39, 0.29) is 12.0 Å². The molecule has 29 heavy (non-hydrogen) atoms. The van der Waals surface area contributed by atoms with Crippen LogP contribution < -0.4 is 16.0 Å². The first-order valence-corrected chi connectivity index (χ1v) is 9.44. The number of hydrogen-bond donors (Lipinski definition) is 3. The van der Waals surface area contributed by atoms with Crippen LogP contribution in [0.15, 0.2) is 17.3 Å². The summed E-state index contributed by atoms with van der Waals surface area (Å²) in [6.45, 7) is 5.88. The summed E-state index contributed by atoms with van der Waals surface area (Å²) in [5.74, 6) is 2.33. The average molecular weight is 411 g/mol. The van der Waals surface area contributed by atoms with Gasteiger partial charge in [-0.05, 0) is 26.3 Å². The molecule has 2 aromatic rings. The third kappa shape index (κ3) is 5.78. The molecule has 3 heterocycles. The van der Waals surface area contributed by atoms with Gasteiger partial charge in [0.15, 0.2) is 5.96 Å². The van der Waals surface area contributed by atoms with Crippen LogP contribution in [0.3, 0.4) is 0 Å². The smallest absolute Gasteiger partial charge is 0.357 e. The number of nitrogens with zero attached hydrogens (tertiary/aromatic N) is 6. The molecule has 9 nitrogen and oxygen atoms in total. The lowest BCUT2D eigenvalue weighted by atomic mass is 10.1. The molecule has 0 aliphatic carbocycles. The molecule has 158 valence electrons. The molecule has 0 saturated heterocycles. The summed E-state index contributed by atoms with van der Waals surface area (Å²) in [6.07, 6.45) is -1.66. The van der Waals surface area contributed by atoms with Crippen molar-refractivity contribution in [3.8, 4) is 0 Å². The van der Waals surface area contributed by atoms with Crippen molar-refractivity contribution in [1.82, 2.24) is 35.4 Å². The summed E-state index contributed by atoms with van der Waals surface area (Å²) in [6, 6.07) is 1.00. The summed E-state index contributed by atoms with van der Waals surface area (Å²) < 4.78 is 40.0. The fourth-order valence-electron chi connectivity index (χ4n) is 3.00. The third-order valence-corrected chi connectivity index (χ3v) is 4.26. The van der Waals surface area contributed by atoms with Gasteiger partial charge in [-0.25, -0.2) is 19.6 Å². The minimum atomic E-state index is -4.50. The van der Waals surface area contributed by atoms with E-state index in [2.05, 4.69) is 41.0 Å². The van der Waals surface area contributed by atoms with Gasteiger partial charge >= 0.3 is 6.18 Å². The van der Waals surface area contributed by atoms with E-state index in [0.29, 0.717) is 32.1 Å². The van der Waals surface area contributed by atoms with Crippen molar-refractivity contribution in [1.29, 1.82) is 0 Å². The summed E-state index contributed by atoms with van der Waals surface area (Å²) in [4.78, 5) is 16.1. The van der Waals surface area contributed by atoms with Gasteiger partial charge in [0, 0.05) is 31.7 Å². The Balaban J connectivity index is 1.52. The molecular weight excluding hydrogens is 387 g/mol. The molecule has 0 spiro atoms. The molecule has 0 fully saturated rings. The molecule has 1 aliphatic rings. The molecule has 0 aromatic carbocycles. The van der Waals surface area contributed by atoms with Crippen LogP contribution in [0.2, 0.25) is 0 Å². The van der Waals surface area contributed by atoms with Crippen LogP contribution in [-0.4, -0.2) is 56.4 Å². The number of nitrogens with one attached hydrogen (secondary N) is 3. The Bertz CT molecular complexity index is 847. The van der Waals surface area contributed by atoms with Crippen molar-refractivity contribution in [3.63, 3.8) is 0 Å². The van der Waals surface area contributed by atoms with E-state index in [4.69, 9.17) is 0 Å². The standard InChI is InChI=1S/C17H24F3N9/c1-3-21-15(26-12-4-5-14-25-11(2)28-29(14)10-12)23-8-9-24-16-22-7-6-13(27-16)17(18,19)20/h6-7,12H,3-5,8-10H2,1-2H3,(H2,21,23,26)(H,22,24,27). The Hall–Kier alpha value is -2.92. The van der Waals surface area contributed by atoms with Crippen molar-refractivity contribution >= 4 is 11.9 Å². The van der Waals surface area contributed by atoms with Gasteiger partial charge in [0.05, 0.1) is 13.1 Å². The molecule has 1 atom stereocenters. The van der Waals surface area contributed by atoms with Crippen LogP contribution in [0.4, 0.5) is 19.1 Å². The van der Waals surface area contributed by atoms with Crippen molar-refractivity contribution in [3.05, 3.63) is 29.6 Å². The summed E-state index contributed by atoms with van der Waals surface area (Å²) in [5, 5.41) is 13.7. The molecule has 12 heteroatoms. The number of rotatable bonds is 6. The molecule has 3 N–H and O–H groups in total. The van der Waals surface area contributed by atoms with Crippen LogP contribution in [0.1, 0.15) is 30.7 Å². The number of anilines is 1. The van der Waals surface area contributed by atoms with E-state index in [1.54, 1.807) is 0 Å². The second-order valence-corrected chi connectivity index (χ2v) is 6.59. The van der Waals surface area contributed by atoms with Gasteiger partial charge in [-0.3, -0.25) is 4.99 Å². The van der Waals surface area contributed by atoms with E-state index in [0.717, 1.165) is 36.8 Å². The van der Waals surface area contributed by atoms with E-state index in [9.17, 15) is 13.2 Å². The highest BCUT2D eigenvalue weighted by Gasteiger charge is 2.32. The molecule has 0 bridgehead atoms. The molecule has 0 radical (unpaired) electrons. The third-order valence-electron chi connectivity index (χ3n) is 4.26. The lowest BCUT2D eigenvalue weighted by Crippen LogP contribution is -2.47. The highest BCUT2D eigenvalue weighted by Crippen LogP contribution is 2.27. The first-order chi connectivity index (χ1) is 13.8. The highest BCUT2D eigenvalue weighted by atomic mass is 19.4. The SMILES string of the molecule is CCNC(=NCCNc1nccc(C(F)(F)F)n1)NC1CCc2nc(C)nn2C1. The van der Waals surface area contributed by atoms with Gasteiger partial charge in [0.25, 0.3) is 0 Å². The predicted molar refractivity (Wildman–Crippen MR) is 102 cm³/mol. The van der Waals surface area contributed by atoms with Gasteiger partial charge in [-0.15, -0.1) is 0 Å². The zero-order chi connectivity index (χ0) is 20.9. The topological polar surface area (TPSA) is 105 Å². The largest absolute Gasteiger partial charge is 0.433 e. The van der Waals surface area contributed by atoms with E-state index < -0.39 is 11.9 Å². The van der Waals surface area contributed by atoms with Crippen molar-refractivity contribution in [2.24, 2.45) is 4.99 Å². The molecule has 3 rings (SSSR count).